The zero-order chi connectivity index (χ0) is 14.5. The van der Waals surface area contributed by atoms with Gasteiger partial charge < -0.3 is 9.47 Å². The van der Waals surface area contributed by atoms with Crippen LogP contribution in [0.25, 0.3) is 0 Å². The number of nitrogens with zero attached hydrogens (tertiary/aromatic N) is 1. The van der Waals surface area contributed by atoms with Crippen LogP contribution in [0.3, 0.4) is 0 Å². The first-order valence-corrected chi connectivity index (χ1v) is 6.44. The summed E-state index contributed by atoms with van der Waals surface area (Å²) < 4.78 is 10.7. The maximum atomic E-state index is 12.0. The van der Waals surface area contributed by atoms with E-state index in [1.54, 1.807) is 24.3 Å². The Kier molecular flexibility index (Phi) is 4.26. The van der Waals surface area contributed by atoms with Gasteiger partial charge in [0.2, 0.25) is 5.88 Å². The molecule has 0 atom stereocenters. The Bertz CT molecular complexity index is 568. The van der Waals surface area contributed by atoms with Crippen LogP contribution >= 0.6 is 0 Å². The number of hydrogen-bond donors (Lipinski definition) is 1. The summed E-state index contributed by atoms with van der Waals surface area (Å²) in [6, 6.07) is 8.85. The second kappa shape index (κ2) is 6.11. The molecule has 0 radical (unpaired) electrons. The first kappa shape index (κ1) is 13.9. The van der Waals surface area contributed by atoms with Gasteiger partial charge >= 0.3 is 0 Å². The van der Waals surface area contributed by atoms with E-state index in [1.807, 2.05) is 19.9 Å². The molecule has 0 aromatic heterocycles. The molecule has 2 rings (SSSR count). The molecule has 1 N–H and O–H groups in total. The lowest BCUT2D eigenvalue weighted by Gasteiger charge is -2.10. The Balaban J connectivity index is 2.05. The van der Waals surface area contributed by atoms with E-state index < -0.39 is 0 Å². The zero-order valence-corrected chi connectivity index (χ0v) is 11.5. The van der Waals surface area contributed by atoms with Crippen LogP contribution in [0.4, 0.5) is 0 Å². The number of ether oxygens (including phenoxy) is 2. The summed E-state index contributed by atoms with van der Waals surface area (Å²) in [5, 5.41) is 11.5. The minimum atomic E-state index is -0.300. The topological polar surface area (TPSA) is 71.3 Å². The highest BCUT2D eigenvalue weighted by Gasteiger charge is 2.18. The van der Waals surface area contributed by atoms with Gasteiger partial charge in [0.25, 0.3) is 5.91 Å². The molecule has 0 saturated heterocycles. The third kappa shape index (κ3) is 3.29. The molecule has 20 heavy (non-hydrogen) atoms. The van der Waals surface area contributed by atoms with Crippen LogP contribution < -0.4 is 10.1 Å². The summed E-state index contributed by atoms with van der Waals surface area (Å²) in [7, 11) is 0. The molecular formula is C15H16N2O3. The molecule has 0 fully saturated rings. The molecule has 0 bridgehead atoms. The quantitative estimate of drug-likeness (QED) is 0.913. The lowest BCUT2D eigenvalue weighted by atomic mass is 10.2. The molecule has 0 saturated carbocycles. The highest BCUT2D eigenvalue weighted by Crippen LogP contribution is 2.17. The van der Waals surface area contributed by atoms with Crippen LogP contribution in [-0.4, -0.2) is 18.6 Å². The van der Waals surface area contributed by atoms with E-state index in [0.717, 1.165) is 0 Å². The van der Waals surface area contributed by atoms with Crippen molar-refractivity contribution < 1.29 is 14.3 Å². The minimum absolute atomic E-state index is 0.0879. The number of benzene rings is 1. The van der Waals surface area contributed by atoms with E-state index in [4.69, 9.17) is 14.7 Å². The van der Waals surface area contributed by atoms with Gasteiger partial charge in [0.15, 0.2) is 0 Å². The van der Waals surface area contributed by atoms with E-state index in [0.29, 0.717) is 29.9 Å². The number of rotatable bonds is 4. The third-order valence-electron chi connectivity index (χ3n) is 2.72. The zero-order valence-electron chi connectivity index (χ0n) is 11.5. The SMILES string of the molecule is CC(C)Oc1ccc(C(=O)NC2=C(C#N)CCO2)cc1. The van der Waals surface area contributed by atoms with Crippen LogP contribution in [0.1, 0.15) is 30.6 Å². The number of hydrogen-bond acceptors (Lipinski definition) is 4. The molecule has 1 heterocycles. The summed E-state index contributed by atoms with van der Waals surface area (Å²) in [5.41, 5.74) is 0.958. The Labute approximate surface area is 117 Å². The second-order valence-corrected chi connectivity index (χ2v) is 4.66. The van der Waals surface area contributed by atoms with E-state index in [9.17, 15) is 4.79 Å². The average Bonchev–Trinajstić information content (AvgIpc) is 2.86. The standard InChI is InChI=1S/C15H16N2O3/c1-10(2)20-13-5-3-11(4-6-13)14(18)17-15-12(9-16)7-8-19-15/h3-6,10H,7-8H2,1-2H3,(H,17,18). The summed E-state index contributed by atoms with van der Waals surface area (Å²) >= 11 is 0. The summed E-state index contributed by atoms with van der Waals surface area (Å²) in [5.74, 6) is 0.677. The Hall–Kier alpha value is -2.48. The van der Waals surface area contributed by atoms with Crippen molar-refractivity contribution in [3.8, 4) is 11.8 Å². The third-order valence-corrected chi connectivity index (χ3v) is 2.72. The molecule has 1 aliphatic heterocycles. The highest BCUT2D eigenvalue weighted by atomic mass is 16.5. The molecular weight excluding hydrogens is 256 g/mol. The minimum Gasteiger partial charge on any atom is -0.491 e. The predicted molar refractivity (Wildman–Crippen MR) is 72.9 cm³/mol. The van der Waals surface area contributed by atoms with Crippen molar-refractivity contribution in [3.63, 3.8) is 0 Å². The van der Waals surface area contributed by atoms with Crippen LogP contribution in [0.5, 0.6) is 5.75 Å². The number of carbonyl (C=O) groups excluding carboxylic acids is 1. The van der Waals surface area contributed by atoms with Gasteiger partial charge in [-0.15, -0.1) is 0 Å². The van der Waals surface area contributed by atoms with Gasteiger partial charge in [0.1, 0.15) is 11.8 Å². The van der Waals surface area contributed by atoms with Crippen molar-refractivity contribution in [3.05, 3.63) is 41.3 Å². The van der Waals surface area contributed by atoms with Gasteiger partial charge in [-0.3, -0.25) is 10.1 Å². The van der Waals surface area contributed by atoms with Crippen molar-refractivity contribution in [1.29, 1.82) is 5.26 Å². The smallest absolute Gasteiger partial charge is 0.257 e. The molecule has 5 heteroatoms. The molecule has 5 nitrogen and oxygen atoms in total. The molecule has 1 aromatic carbocycles. The second-order valence-electron chi connectivity index (χ2n) is 4.66. The van der Waals surface area contributed by atoms with Crippen molar-refractivity contribution in [2.45, 2.75) is 26.4 Å². The van der Waals surface area contributed by atoms with Crippen LogP contribution in [0.15, 0.2) is 35.7 Å². The lowest BCUT2D eigenvalue weighted by molar-refractivity contribution is 0.0930. The van der Waals surface area contributed by atoms with E-state index in [2.05, 4.69) is 5.32 Å². The highest BCUT2D eigenvalue weighted by molar-refractivity contribution is 5.95. The molecule has 0 aliphatic carbocycles. The van der Waals surface area contributed by atoms with Gasteiger partial charge in [-0.2, -0.15) is 5.26 Å². The Morgan fingerprint density at radius 2 is 2.10 bits per heavy atom. The van der Waals surface area contributed by atoms with Gasteiger partial charge in [-0.25, -0.2) is 0 Å². The van der Waals surface area contributed by atoms with Gasteiger partial charge in [0, 0.05) is 12.0 Å². The maximum absolute atomic E-state index is 12.0. The normalized spacial score (nSPS) is 13.9. The molecule has 1 aliphatic rings. The van der Waals surface area contributed by atoms with Crippen molar-refractivity contribution >= 4 is 5.91 Å². The summed E-state index contributed by atoms with van der Waals surface area (Å²) in [6.07, 6.45) is 0.623. The number of carbonyl (C=O) groups is 1. The van der Waals surface area contributed by atoms with E-state index >= 15 is 0 Å². The number of nitriles is 1. The van der Waals surface area contributed by atoms with Gasteiger partial charge in [0.05, 0.1) is 18.3 Å². The maximum Gasteiger partial charge on any atom is 0.257 e. The monoisotopic (exact) mass is 272 g/mol. The average molecular weight is 272 g/mol. The lowest BCUT2D eigenvalue weighted by Crippen LogP contribution is -2.23. The van der Waals surface area contributed by atoms with Crippen LogP contribution in [-0.2, 0) is 4.74 Å². The van der Waals surface area contributed by atoms with Gasteiger partial charge in [-0.1, -0.05) is 0 Å². The molecule has 104 valence electrons. The predicted octanol–water partition coefficient (Wildman–Crippen LogP) is 2.36. The summed E-state index contributed by atoms with van der Waals surface area (Å²) in [6.45, 7) is 4.31. The fraction of sp³-hybridized carbons (Fsp3) is 0.333. The fourth-order valence-electron chi connectivity index (χ4n) is 1.81. The van der Waals surface area contributed by atoms with Gasteiger partial charge in [-0.05, 0) is 38.1 Å². The number of amides is 1. The molecule has 1 aromatic rings. The van der Waals surface area contributed by atoms with Crippen molar-refractivity contribution in [1.82, 2.24) is 5.32 Å². The summed E-state index contributed by atoms with van der Waals surface area (Å²) in [4.78, 5) is 12.0. The van der Waals surface area contributed by atoms with Crippen molar-refractivity contribution in [2.24, 2.45) is 0 Å². The first-order chi connectivity index (χ1) is 9.60. The Morgan fingerprint density at radius 3 is 2.70 bits per heavy atom. The first-order valence-electron chi connectivity index (χ1n) is 6.44. The van der Waals surface area contributed by atoms with Crippen LogP contribution in [0.2, 0.25) is 0 Å². The van der Waals surface area contributed by atoms with Crippen LogP contribution in [0, 0.1) is 11.3 Å². The van der Waals surface area contributed by atoms with Crippen molar-refractivity contribution in [2.75, 3.05) is 6.61 Å². The Morgan fingerprint density at radius 1 is 1.40 bits per heavy atom. The largest absolute Gasteiger partial charge is 0.491 e. The van der Waals surface area contributed by atoms with E-state index in [1.165, 1.54) is 0 Å². The molecule has 1 amide bonds. The number of nitrogens with one attached hydrogen (secondary N) is 1. The molecule has 0 spiro atoms. The van der Waals surface area contributed by atoms with E-state index in [-0.39, 0.29) is 17.9 Å². The molecule has 0 unspecified atom stereocenters. The fourth-order valence-corrected chi connectivity index (χ4v) is 1.81.